The van der Waals surface area contributed by atoms with E-state index in [1.807, 2.05) is 30.3 Å². The van der Waals surface area contributed by atoms with Crippen molar-refractivity contribution in [1.29, 1.82) is 0 Å². The molecule has 1 amide bonds. The summed E-state index contributed by atoms with van der Waals surface area (Å²) in [5, 5.41) is 6.88. The van der Waals surface area contributed by atoms with Crippen molar-refractivity contribution in [3.8, 4) is 17.2 Å². The Morgan fingerprint density at radius 3 is 2.56 bits per heavy atom. The maximum Gasteiger partial charge on any atom is 0.229 e. The first-order valence-corrected chi connectivity index (χ1v) is 12.1. The lowest BCUT2D eigenvalue weighted by Crippen LogP contribution is -2.43. The Morgan fingerprint density at radius 1 is 1.11 bits per heavy atom. The van der Waals surface area contributed by atoms with E-state index in [0.717, 1.165) is 30.8 Å². The molecule has 2 heterocycles. The molecular formula is C26H30ClN5O4. The van der Waals surface area contributed by atoms with Crippen molar-refractivity contribution in [2.45, 2.75) is 19.4 Å². The second kappa shape index (κ2) is 11.8. The molecule has 1 atom stereocenters. The topological polar surface area (TPSA) is 97.8 Å². The van der Waals surface area contributed by atoms with Crippen LogP contribution in [0.4, 0.5) is 17.5 Å². The summed E-state index contributed by atoms with van der Waals surface area (Å²) in [5.74, 6) is 2.62. The number of carbonyl (C=O) groups excluding carboxylic acids is 1. The molecular weight excluding hydrogens is 482 g/mol. The Bertz CT molecular complexity index is 1180. The molecule has 0 saturated carbocycles. The SMILES string of the molecule is COc1cc(Nc2nccc(N3CCC[C@H](C(=O)NCc4ccccc4Cl)C3)n2)cc(OC)c1OC. The average molecular weight is 512 g/mol. The molecule has 0 radical (unpaired) electrons. The normalized spacial score (nSPS) is 15.2. The number of ether oxygens (including phenoxy) is 3. The van der Waals surface area contributed by atoms with Gasteiger partial charge < -0.3 is 29.7 Å². The number of carbonyl (C=O) groups is 1. The highest BCUT2D eigenvalue weighted by atomic mass is 35.5. The zero-order valence-electron chi connectivity index (χ0n) is 20.6. The molecule has 0 spiro atoms. The van der Waals surface area contributed by atoms with E-state index in [-0.39, 0.29) is 11.8 Å². The minimum atomic E-state index is -0.136. The molecule has 2 aromatic carbocycles. The number of hydrogen-bond acceptors (Lipinski definition) is 8. The van der Waals surface area contributed by atoms with Gasteiger partial charge in [-0.3, -0.25) is 4.79 Å². The predicted octanol–water partition coefficient (Wildman–Crippen LogP) is 4.43. The largest absolute Gasteiger partial charge is 0.493 e. The number of piperidine rings is 1. The van der Waals surface area contributed by atoms with Gasteiger partial charge in [0.05, 0.1) is 27.2 Å². The Morgan fingerprint density at radius 2 is 1.86 bits per heavy atom. The number of nitrogens with zero attached hydrogens (tertiary/aromatic N) is 3. The van der Waals surface area contributed by atoms with E-state index in [9.17, 15) is 4.79 Å². The summed E-state index contributed by atoms with van der Waals surface area (Å²) >= 11 is 6.22. The van der Waals surface area contributed by atoms with Crippen molar-refractivity contribution in [2.24, 2.45) is 5.92 Å². The number of anilines is 3. The molecule has 1 saturated heterocycles. The van der Waals surface area contributed by atoms with Gasteiger partial charge in [0.25, 0.3) is 0 Å². The zero-order chi connectivity index (χ0) is 25.5. The summed E-state index contributed by atoms with van der Waals surface area (Å²) in [5.41, 5.74) is 1.59. The Kier molecular flexibility index (Phi) is 8.32. The van der Waals surface area contributed by atoms with Gasteiger partial charge >= 0.3 is 0 Å². The molecule has 190 valence electrons. The van der Waals surface area contributed by atoms with Gasteiger partial charge in [0, 0.05) is 48.7 Å². The van der Waals surface area contributed by atoms with Crippen LogP contribution in [0.1, 0.15) is 18.4 Å². The molecule has 4 rings (SSSR count). The van der Waals surface area contributed by atoms with Crippen LogP contribution < -0.4 is 29.7 Å². The van der Waals surface area contributed by atoms with Gasteiger partial charge in [-0.25, -0.2) is 4.98 Å². The van der Waals surface area contributed by atoms with E-state index in [1.54, 1.807) is 39.7 Å². The first-order valence-electron chi connectivity index (χ1n) is 11.7. The Hall–Kier alpha value is -3.72. The molecule has 2 N–H and O–H groups in total. The van der Waals surface area contributed by atoms with Gasteiger partial charge in [-0.15, -0.1) is 0 Å². The van der Waals surface area contributed by atoms with E-state index >= 15 is 0 Å². The van der Waals surface area contributed by atoms with E-state index in [1.165, 1.54) is 0 Å². The smallest absolute Gasteiger partial charge is 0.229 e. The first kappa shape index (κ1) is 25.4. The van der Waals surface area contributed by atoms with E-state index in [2.05, 4.69) is 25.5 Å². The number of aromatic nitrogens is 2. The van der Waals surface area contributed by atoms with Crippen LogP contribution in [-0.4, -0.2) is 50.3 Å². The monoisotopic (exact) mass is 511 g/mol. The summed E-state index contributed by atoms with van der Waals surface area (Å²) in [7, 11) is 4.69. The molecule has 0 unspecified atom stereocenters. The van der Waals surface area contributed by atoms with E-state index in [4.69, 9.17) is 25.8 Å². The third kappa shape index (κ3) is 5.91. The summed E-state index contributed by atoms with van der Waals surface area (Å²) in [6.45, 7) is 1.80. The van der Waals surface area contributed by atoms with Crippen molar-refractivity contribution < 1.29 is 19.0 Å². The van der Waals surface area contributed by atoms with Gasteiger partial charge in [-0.1, -0.05) is 29.8 Å². The standard InChI is InChI=1S/C26H30ClN5O4/c1-34-21-13-19(14-22(35-2)24(21)36-3)30-26-28-11-10-23(31-26)32-12-6-8-18(16-32)25(33)29-15-17-7-4-5-9-20(17)27/h4-5,7,9-11,13-14,18H,6,8,12,15-16H2,1-3H3,(H,29,33)(H,28,30,31)/t18-/m0/s1. The summed E-state index contributed by atoms with van der Waals surface area (Å²) < 4.78 is 16.2. The predicted molar refractivity (Wildman–Crippen MR) is 140 cm³/mol. The Balaban J connectivity index is 1.43. The highest BCUT2D eigenvalue weighted by molar-refractivity contribution is 6.31. The molecule has 10 heteroatoms. The van der Waals surface area contributed by atoms with Crippen LogP contribution in [0.25, 0.3) is 0 Å². The van der Waals surface area contributed by atoms with Gasteiger partial charge in [0.2, 0.25) is 17.6 Å². The molecule has 0 aliphatic carbocycles. The second-order valence-electron chi connectivity index (χ2n) is 8.37. The number of nitrogens with one attached hydrogen (secondary N) is 2. The average Bonchev–Trinajstić information content (AvgIpc) is 2.92. The maximum absolute atomic E-state index is 12.9. The minimum absolute atomic E-state index is 0.0180. The lowest BCUT2D eigenvalue weighted by molar-refractivity contribution is -0.125. The third-order valence-electron chi connectivity index (χ3n) is 6.09. The van der Waals surface area contributed by atoms with Gasteiger partial charge in [0.1, 0.15) is 5.82 Å². The fourth-order valence-corrected chi connectivity index (χ4v) is 4.44. The van der Waals surface area contributed by atoms with Gasteiger partial charge in [0.15, 0.2) is 11.5 Å². The van der Waals surface area contributed by atoms with Crippen molar-refractivity contribution in [3.63, 3.8) is 0 Å². The van der Waals surface area contributed by atoms with Crippen LogP contribution in [0.15, 0.2) is 48.7 Å². The Labute approximate surface area is 215 Å². The summed E-state index contributed by atoms with van der Waals surface area (Å²) in [6.07, 6.45) is 3.42. The van der Waals surface area contributed by atoms with Crippen molar-refractivity contribution in [3.05, 3.63) is 59.2 Å². The molecule has 3 aromatic rings. The minimum Gasteiger partial charge on any atom is -0.493 e. The maximum atomic E-state index is 12.9. The van der Waals surface area contributed by atoms with E-state index in [0.29, 0.717) is 47.0 Å². The highest BCUT2D eigenvalue weighted by Crippen LogP contribution is 2.40. The molecule has 36 heavy (non-hydrogen) atoms. The number of halogens is 1. The fourth-order valence-electron chi connectivity index (χ4n) is 4.24. The van der Waals surface area contributed by atoms with Crippen LogP contribution in [0.2, 0.25) is 5.02 Å². The summed E-state index contributed by atoms with van der Waals surface area (Å²) in [6, 6.07) is 13.0. The van der Waals surface area contributed by atoms with Crippen LogP contribution in [-0.2, 0) is 11.3 Å². The van der Waals surface area contributed by atoms with Crippen LogP contribution in [0.5, 0.6) is 17.2 Å². The van der Waals surface area contributed by atoms with Crippen LogP contribution in [0.3, 0.4) is 0 Å². The van der Waals surface area contributed by atoms with Crippen LogP contribution in [0, 0.1) is 5.92 Å². The number of methoxy groups -OCH3 is 3. The third-order valence-corrected chi connectivity index (χ3v) is 6.46. The number of rotatable bonds is 9. The van der Waals surface area contributed by atoms with Crippen molar-refractivity contribution in [2.75, 3.05) is 44.6 Å². The fraction of sp³-hybridized carbons (Fsp3) is 0.346. The van der Waals surface area contributed by atoms with Crippen LogP contribution >= 0.6 is 11.6 Å². The molecule has 0 bridgehead atoms. The first-order chi connectivity index (χ1) is 17.5. The second-order valence-corrected chi connectivity index (χ2v) is 8.78. The zero-order valence-corrected chi connectivity index (χ0v) is 21.3. The molecule has 1 fully saturated rings. The highest BCUT2D eigenvalue weighted by Gasteiger charge is 2.27. The molecule has 9 nitrogen and oxygen atoms in total. The lowest BCUT2D eigenvalue weighted by atomic mass is 9.97. The van der Waals surface area contributed by atoms with E-state index < -0.39 is 0 Å². The molecule has 1 aliphatic heterocycles. The molecule has 1 aliphatic rings. The van der Waals surface area contributed by atoms with Crippen molar-refractivity contribution in [1.82, 2.24) is 15.3 Å². The van der Waals surface area contributed by atoms with Gasteiger partial charge in [-0.05, 0) is 30.5 Å². The van der Waals surface area contributed by atoms with Gasteiger partial charge in [-0.2, -0.15) is 4.98 Å². The summed E-state index contributed by atoms with van der Waals surface area (Å²) in [4.78, 5) is 24.0. The lowest BCUT2D eigenvalue weighted by Gasteiger charge is -2.33. The quantitative estimate of drug-likeness (QED) is 0.435. The number of hydrogen-bond donors (Lipinski definition) is 2. The number of benzene rings is 2. The molecule has 1 aromatic heterocycles. The number of amides is 1. The van der Waals surface area contributed by atoms with Crippen molar-refractivity contribution >= 4 is 35.0 Å².